The number of Topliss-reactive ketones (excluding diaryl/α,β-unsaturated/α-hetero) is 1. The van der Waals surface area contributed by atoms with E-state index in [9.17, 15) is 9.59 Å². The number of carbonyl (C=O) groups is 2. The molecule has 2 unspecified atom stereocenters. The van der Waals surface area contributed by atoms with Crippen molar-refractivity contribution in [1.82, 2.24) is 5.32 Å². The molecule has 0 saturated carbocycles. The van der Waals surface area contributed by atoms with Gasteiger partial charge in [-0.2, -0.15) is 0 Å². The minimum Gasteiger partial charge on any atom is -0.493 e. The lowest BCUT2D eigenvalue weighted by atomic mass is 9.66. The Morgan fingerprint density at radius 2 is 1.89 bits per heavy atom. The Bertz CT molecular complexity index is 1250. The number of allylic oxidation sites excluding steroid dienone is 3. The van der Waals surface area contributed by atoms with Crippen LogP contribution in [0, 0.1) is 11.3 Å². The van der Waals surface area contributed by atoms with Crippen molar-refractivity contribution >= 4 is 23.4 Å². The van der Waals surface area contributed by atoms with E-state index in [0.29, 0.717) is 34.2 Å². The zero-order valence-electron chi connectivity index (χ0n) is 21.3. The number of nitrogens with one attached hydrogen (secondary N) is 1. The fraction of sp³-hybridized carbons (Fsp3) is 0.379. The Hall–Kier alpha value is -3.25. The van der Waals surface area contributed by atoms with Crippen LogP contribution in [0.25, 0.3) is 0 Å². The Labute approximate surface area is 217 Å². The van der Waals surface area contributed by atoms with E-state index >= 15 is 0 Å². The first-order chi connectivity index (χ1) is 17.1. The molecule has 0 amide bonds. The Kier molecular flexibility index (Phi) is 7.46. The molecule has 2 aliphatic rings. The van der Waals surface area contributed by atoms with Crippen molar-refractivity contribution < 1.29 is 23.8 Å². The quantitative estimate of drug-likeness (QED) is 0.465. The first kappa shape index (κ1) is 25.8. The number of halogens is 1. The van der Waals surface area contributed by atoms with Crippen molar-refractivity contribution in [3.8, 4) is 11.5 Å². The summed E-state index contributed by atoms with van der Waals surface area (Å²) in [5, 5.41) is 3.95. The minimum atomic E-state index is -0.513. The standard InChI is InChI=1S/C29H32ClNO5/c1-6-35-28(33)25-17(2)31-21-14-29(3,4)15-22(32)27(21)26(25)18-11-12-23(24(13-18)34-5)36-16-19-9-7-8-10-20(19)30/h7-14,26-27,31H,6,15-16H2,1-5H3. The lowest BCUT2D eigenvalue weighted by molar-refractivity contribution is -0.139. The summed E-state index contributed by atoms with van der Waals surface area (Å²) >= 11 is 6.27. The first-order valence-corrected chi connectivity index (χ1v) is 12.5. The van der Waals surface area contributed by atoms with Crippen LogP contribution in [0.1, 0.15) is 51.2 Å². The van der Waals surface area contributed by atoms with Crippen LogP contribution >= 0.6 is 11.6 Å². The predicted octanol–water partition coefficient (Wildman–Crippen LogP) is 5.95. The van der Waals surface area contributed by atoms with Gasteiger partial charge in [-0.15, -0.1) is 0 Å². The zero-order valence-corrected chi connectivity index (χ0v) is 22.1. The summed E-state index contributed by atoms with van der Waals surface area (Å²) in [7, 11) is 1.57. The Morgan fingerprint density at radius 1 is 1.14 bits per heavy atom. The lowest BCUT2D eigenvalue weighted by Crippen LogP contribution is -2.43. The third kappa shape index (κ3) is 5.14. The third-order valence-electron chi connectivity index (χ3n) is 6.62. The van der Waals surface area contributed by atoms with Crippen molar-refractivity contribution in [3.05, 3.63) is 81.7 Å². The van der Waals surface area contributed by atoms with Gasteiger partial charge in [0.15, 0.2) is 11.5 Å². The largest absolute Gasteiger partial charge is 0.493 e. The molecular formula is C29H32ClNO5. The summed E-state index contributed by atoms with van der Waals surface area (Å²) in [5.41, 5.74) is 3.34. The van der Waals surface area contributed by atoms with Crippen molar-refractivity contribution in [2.75, 3.05) is 13.7 Å². The second-order valence-electron chi connectivity index (χ2n) is 9.86. The summed E-state index contributed by atoms with van der Waals surface area (Å²) in [6.07, 6.45) is 2.50. The number of carbonyl (C=O) groups excluding carboxylic acids is 2. The maximum atomic E-state index is 13.4. The van der Waals surface area contributed by atoms with E-state index in [2.05, 4.69) is 11.4 Å². The summed E-state index contributed by atoms with van der Waals surface area (Å²) < 4.78 is 17.1. The summed E-state index contributed by atoms with van der Waals surface area (Å²) in [6.45, 7) is 8.22. The molecule has 1 aliphatic carbocycles. The molecule has 1 aliphatic heterocycles. The van der Waals surface area contributed by atoms with Crippen molar-refractivity contribution in [3.63, 3.8) is 0 Å². The van der Waals surface area contributed by atoms with E-state index in [1.54, 1.807) is 14.0 Å². The zero-order chi connectivity index (χ0) is 26.0. The molecule has 190 valence electrons. The summed E-state index contributed by atoms with van der Waals surface area (Å²) in [4.78, 5) is 26.5. The van der Waals surface area contributed by atoms with E-state index in [-0.39, 0.29) is 24.4 Å². The van der Waals surface area contributed by atoms with Crippen LogP contribution in [0.2, 0.25) is 5.02 Å². The molecule has 6 nitrogen and oxygen atoms in total. The highest BCUT2D eigenvalue weighted by Crippen LogP contribution is 2.48. The highest BCUT2D eigenvalue weighted by molar-refractivity contribution is 6.31. The number of fused-ring (bicyclic) bond motifs is 1. The lowest BCUT2D eigenvalue weighted by Gasteiger charge is -2.41. The number of methoxy groups -OCH3 is 1. The number of ketones is 1. The summed E-state index contributed by atoms with van der Waals surface area (Å²) in [5.74, 6) is -0.315. The SMILES string of the molecule is CCOC(=O)C1=C(C)NC2=CC(C)(C)CC(=O)C2C1c1ccc(OCc2ccccc2Cl)c(OC)c1. The molecule has 0 radical (unpaired) electrons. The molecule has 0 spiro atoms. The number of benzene rings is 2. The van der Waals surface area contributed by atoms with Crippen LogP contribution in [0.3, 0.4) is 0 Å². The first-order valence-electron chi connectivity index (χ1n) is 12.1. The average Bonchev–Trinajstić information content (AvgIpc) is 2.82. The van der Waals surface area contributed by atoms with E-state index in [1.165, 1.54) is 0 Å². The van der Waals surface area contributed by atoms with Gasteiger partial charge in [0.25, 0.3) is 0 Å². The van der Waals surface area contributed by atoms with Crippen LogP contribution < -0.4 is 14.8 Å². The van der Waals surface area contributed by atoms with Crippen LogP contribution in [-0.4, -0.2) is 25.5 Å². The van der Waals surface area contributed by atoms with Gasteiger partial charge in [0.2, 0.25) is 0 Å². The molecule has 1 N–H and O–H groups in total. The molecule has 4 rings (SSSR count). The third-order valence-corrected chi connectivity index (χ3v) is 6.99. The van der Waals surface area contributed by atoms with Gasteiger partial charge in [0.05, 0.1) is 25.2 Å². The predicted molar refractivity (Wildman–Crippen MR) is 139 cm³/mol. The molecule has 0 bridgehead atoms. The minimum absolute atomic E-state index is 0.0855. The van der Waals surface area contributed by atoms with Crippen molar-refractivity contribution in [2.24, 2.45) is 11.3 Å². The highest BCUT2D eigenvalue weighted by Gasteiger charge is 2.46. The smallest absolute Gasteiger partial charge is 0.336 e. The second kappa shape index (κ2) is 10.4. The van der Waals surface area contributed by atoms with Crippen LogP contribution in [0.15, 0.2) is 65.5 Å². The normalized spacial score (nSPS) is 20.7. The number of hydrogen-bond acceptors (Lipinski definition) is 6. The second-order valence-corrected chi connectivity index (χ2v) is 10.3. The maximum Gasteiger partial charge on any atom is 0.336 e. The van der Waals surface area contributed by atoms with Crippen LogP contribution in [-0.2, 0) is 20.9 Å². The van der Waals surface area contributed by atoms with Crippen LogP contribution in [0.5, 0.6) is 11.5 Å². The molecule has 0 fully saturated rings. The monoisotopic (exact) mass is 509 g/mol. The molecule has 2 aromatic carbocycles. The number of rotatable bonds is 7. The Morgan fingerprint density at radius 3 is 2.58 bits per heavy atom. The van der Waals surface area contributed by atoms with Gasteiger partial charge in [-0.05, 0) is 43.0 Å². The number of ether oxygens (including phenoxy) is 3. The highest BCUT2D eigenvalue weighted by atomic mass is 35.5. The molecule has 1 heterocycles. The van der Waals surface area contributed by atoms with Gasteiger partial charge in [-0.1, -0.05) is 55.8 Å². The van der Waals surface area contributed by atoms with Crippen LogP contribution in [0.4, 0.5) is 0 Å². The van der Waals surface area contributed by atoms with Gasteiger partial charge < -0.3 is 19.5 Å². The molecule has 0 saturated heterocycles. The van der Waals surface area contributed by atoms with Gasteiger partial charge in [0, 0.05) is 34.3 Å². The van der Waals surface area contributed by atoms with Crippen molar-refractivity contribution in [1.29, 1.82) is 0 Å². The average molecular weight is 510 g/mol. The fourth-order valence-corrected chi connectivity index (χ4v) is 5.26. The van der Waals surface area contributed by atoms with E-state index in [1.807, 2.05) is 63.2 Å². The van der Waals surface area contributed by atoms with Gasteiger partial charge in [-0.3, -0.25) is 4.79 Å². The van der Waals surface area contributed by atoms with Gasteiger partial charge >= 0.3 is 5.97 Å². The number of hydrogen-bond donors (Lipinski definition) is 1. The van der Waals surface area contributed by atoms with Crippen molar-refractivity contribution in [2.45, 2.75) is 46.6 Å². The maximum absolute atomic E-state index is 13.4. The number of esters is 1. The Balaban J connectivity index is 1.75. The molecule has 2 atom stereocenters. The van der Waals surface area contributed by atoms with E-state index in [4.69, 9.17) is 25.8 Å². The molecule has 7 heteroatoms. The topological polar surface area (TPSA) is 73.9 Å². The van der Waals surface area contributed by atoms with E-state index in [0.717, 1.165) is 16.8 Å². The fourth-order valence-electron chi connectivity index (χ4n) is 5.07. The molecule has 0 aromatic heterocycles. The summed E-state index contributed by atoms with van der Waals surface area (Å²) in [6, 6.07) is 13.0. The van der Waals surface area contributed by atoms with Gasteiger partial charge in [-0.25, -0.2) is 4.79 Å². The van der Waals surface area contributed by atoms with Gasteiger partial charge in [0.1, 0.15) is 12.4 Å². The van der Waals surface area contributed by atoms with E-state index < -0.39 is 17.8 Å². The molecular weight excluding hydrogens is 478 g/mol. The molecule has 36 heavy (non-hydrogen) atoms. The molecule has 2 aromatic rings.